The van der Waals surface area contributed by atoms with Crippen molar-refractivity contribution in [2.24, 2.45) is 17.3 Å². The quantitative estimate of drug-likeness (QED) is 0.172. The lowest BCUT2D eigenvalue weighted by Crippen LogP contribution is -2.47. The number of carbonyl (C=O) groups is 3. The third-order valence-electron chi connectivity index (χ3n) is 12.6. The highest BCUT2D eigenvalue weighted by Gasteiger charge is 2.62. The SMILES string of the molecule is CC(C)n1c(O[C@@H]2C[C@H]3C(=O)C[C@]4(C(=O)NS(=O)(=O)C5(C)CC5)C[C@H]4/C=C\CCCCC[C@H](Cc4ccccc4)C(=O)N3C2)nc2c(-c3ccoc3)cccc21. The van der Waals surface area contributed by atoms with Crippen molar-refractivity contribution >= 4 is 38.7 Å². The molecule has 2 saturated carbocycles. The van der Waals surface area contributed by atoms with Gasteiger partial charge in [0.2, 0.25) is 21.8 Å². The lowest BCUT2D eigenvalue weighted by Gasteiger charge is -2.29. The molecular formula is C44H52N4O7S. The Bertz CT molecular complexity index is 2240. The maximum absolute atomic E-state index is 14.8. The van der Waals surface area contributed by atoms with Gasteiger partial charge in [0.1, 0.15) is 11.6 Å². The van der Waals surface area contributed by atoms with Crippen molar-refractivity contribution in [3.05, 3.63) is 84.8 Å². The molecule has 8 rings (SSSR count). The summed E-state index contributed by atoms with van der Waals surface area (Å²) in [4.78, 5) is 50.3. The van der Waals surface area contributed by atoms with E-state index in [9.17, 15) is 22.8 Å². The van der Waals surface area contributed by atoms with Crippen LogP contribution in [0.4, 0.5) is 0 Å². The third kappa shape index (κ3) is 7.32. The molecule has 4 aliphatic rings. The van der Waals surface area contributed by atoms with Crippen LogP contribution in [0.1, 0.15) is 96.6 Å². The summed E-state index contributed by atoms with van der Waals surface area (Å²) >= 11 is 0. The van der Waals surface area contributed by atoms with Gasteiger partial charge < -0.3 is 14.1 Å². The number of nitrogens with zero attached hydrogens (tertiary/aromatic N) is 3. The van der Waals surface area contributed by atoms with Crippen LogP contribution in [-0.2, 0) is 30.8 Å². The normalized spacial score (nSPS) is 27.2. The van der Waals surface area contributed by atoms with Gasteiger partial charge in [-0.25, -0.2) is 8.42 Å². The number of Topliss-reactive ketones (excluding diaryl/α,β-unsaturated/α-hetero) is 1. The van der Waals surface area contributed by atoms with Crippen molar-refractivity contribution in [2.45, 2.75) is 114 Å². The van der Waals surface area contributed by atoms with E-state index in [4.69, 9.17) is 14.1 Å². The number of sulfonamides is 1. The molecule has 4 heterocycles. The van der Waals surface area contributed by atoms with Gasteiger partial charge in [-0.05, 0) is 89.3 Å². The number of fused-ring (bicyclic) bond motifs is 3. The van der Waals surface area contributed by atoms with E-state index in [0.717, 1.165) is 53.4 Å². The van der Waals surface area contributed by atoms with Gasteiger partial charge in [0.25, 0.3) is 6.01 Å². The van der Waals surface area contributed by atoms with Crippen molar-refractivity contribution in [1.29, 1.82) is 0 Å². The third-order valence-corrected chi connectivity index (χ3v) is 14.8. The number of hydrogen-bond donors (Lipinski definition) is 1. The molecule has 12 heteroatoms. The highest BCUT2D eigenvalue weighted by Crippen LogP contribution is 2.57. The topological polar surface area (TPSA) is 141 Å². The number of imidazole rings is 1. The second-order valence-corrected chi connectivity index (χ2v) is 19.2. The summed E-state index contributed by atoms with van der Waals surface area (Å²) in [7, 11) is -3.91. The molecule has 56 heavy (non-hydrogen) atoms. The van der Waals surface area contributed by atoms with Gasteiger partial charge in [-0.3, -0.25) is 23.7 Å². The van der Waals surface area contributed by atoms with Crippen LogP contribution < -0.4 is 9.46 Å². The van der Waals surface area contributed by atoms with Crippen molar-refractivity contribution in [2.75, 3.05) is 6.54 Å². The molecule has 0 unspecified atom stereocenters. The van der Waals surface area contributed by atoms with E-state index in [1.54, 1.807) is 24.3 Å². The molecule has 11 nitrogen and oxygen atoms in total. The first-order chi connectivity index (χ1) is 26.9. The number of aromatic nitrogens is 2. The van der Waals surface area contributed by atoms with E-state index >= 15 is 0 Å². The van der Waals surface area contributed by atoms with Crippen LogP contribution in [0.15, 0.2) is 83.7 Å². The predicted octanol–water partition coefficient (Wildman–Crippen LogP) is 7.57. The van der Waals surface area contributed by atoms with Crippen LogP contribution in [-0.4, -0.2) is 63.9 Å². The molecule has 2 aromatic carbocycles. The number of para-hydroxylation sites is 1. The summed E-state index contributed by atoms with van der Waals surface area (Å²) in [6.07, 6.45) is 13.0. The van der Waals surface area contributed by atoms with E-state index < -0.39 is 38.2 Å². The number of hydrogen-bond acceptors (Lipinski definition) is 8. The molecule has 1 N–H and O–H groups in total. The number of rotatable bonds is 9. The molecule has 0 radical (unpaired) electrons. The molecular weight excluding hydrogens is 729 g/mol. The summed E-state index contributed by atoms with van der Waals surface area (Å²) in [6.45, 7) is 5.96. The van der Waals surface area contributed by atoms with Gasteiger partial charge in [-0.2, -0.15) is 4.98 Å². The van der Waals surface area contributed by atoms with Crippen LogP contribution in [0.2, 0.25) is 0 Å². The number of amides is 2. The maximum atomic E-state index is 14.8. The summed E-state index contributed by atoms with van der Waals surface area (Å²) in [6, 6.07) is 17.4. The molecule has 3 fully saturated rings. The Morgan fingerprint density at radius 2 is 1.86 bits per heavy atom. The number of furan rings is 1. The van der Waals surface area contributed by atoms with Gasteiger partial charge in [-0.15, -0.1) is 0 Å². The molecule has 2 aromatic heterocycles. The summed E-state index contributed by atoms with van der Waals surface area (Å²) in [5, 5.41) is 0. The lowest BCUT2D eigenvalue weighted by atomic mass is 9.90. The second-order valence-electron chi connectivity index (χ2n) is 17.0. The molecule has 2 aliphatic heterocycles. The second kappa shape index (κ2) is 15.0. The largest absolute Gasteiger partial charge is 0.472 e. The van der Waals surface area contributed by atoms with Crippen molar-refractivity contribution in [3.8, 4) is 17.1 Å². The Balaban J connectivity index is 1.13. The number of allylic oxidation sites excluding steroid dienone is 2. The zero-order valence-electron chi connectivity index (χ0n) is 32.5. The molecule has 4 aromatic rings. The molecule has 0 spiro atoms. The molecule has 2 amide bonds. The average Bonchev–Trinajstić information content (AvgIpc) is 3.81. The minimum atomic E-state index is -3.91. The molecule has 1 saturated heterocycles. The van der Waals surface area contributed by atoms with E-state index in [-0.39, 0.29) is 49.0 Å². The first-order valence-corrected chi connectivity index (χ1v) is 21.7. The minimum absolute atomic E-state index is 0.00705. The Labute approximate surface area is 328 Å². The number of carbonyl (C=O) groups excluding carboxylic acids is 3. The van der Waals surface area contributed by atoms with E-state index in [2.05, 4.69) is 24.6 Å². The Morgan fingerprint density at radius 3 is 2.59 bits per heavy atom. The maximum Gasteiger partial charge on any atom is 0.297 e. The first kappa shape index (κ1) is 38.2. The van der Waals surface area contributed by atoms with E-state index in [1.807, 2.05) is 65.2 Å². The van der Waals surface area contributed by atoms with Crippen LogP contribution in [0.3, 0.4) is 0 Å². The van der Waals surface area contributed by atoms with Gasteiger partial charge in [0.05, 0.1) is 40.8 Å². The summed E-state index contributed by atoms with van der Waals surface area (Å²) in [5.41, 5.74) is 3.32. The van der Waals surface area contributed by atoms with Crippen LogP contribution in [0.5, 0.6) is 6.01 Å². The van der Waals surface area contributed by atoms with E-state index in [0.29, 0.717) is 38.1 Å². The highest BCUT2D eigenvalue weighted by atomic mass is 32.2. The predicted molar refractivity (Wildman–Crippen MR) is 213 cm³/mol. The smallest absolute Gasteiger partial charge is 0.297 e. The monoisotopic (exact) mass is 780 g/mol. The Kier molecular flexibility index (Phi) is 10.2. The van der Waals surface area contributed by atoms with Gasteiger partial charge in [0.15, 0.2) is 5.78 Å². The first-order valence-electron chi connectivity index (χ1n) is 20.2. The van der Waals surface area contributed by atoms with Crippen LogP contribution >= 0.6 is 0 Å². The van der Waals surface area contributed by atoms with Crippen LogP contribution in [0, 0.1) is 17.3 Å². The minimum Gasteiger partial charge on any atom is -0.472 e. The fourth-order valence-electron chi connectivity index (χ4n) is 8.80. The highest BCUT2D eigenvalue weighted by molar-refractivity contribution is 7.91. The molecule has 296 valence electrons. The zero-order valence-corrected chi connectivity index (χ0v) is 33.3. The summed E-state index contributed by atoms with van der Waals surface area (Å²) in [5.74, 6) is -1.58. The number of ketones is 1. The molecule has 5 atom stereocenters. The molecule has 2 aliphatic carbocycles. The summed E-state index contributed by atoms with van der Waals surface area (Å²) < 4.78 is 42.1. The van der Waals surface area contributed by atoms with Crippen molar-refractivity contribution in [1.82, 2.24) is 19.2 Å². The fourth-order valence-corrected chi connectivity index (χ4v) is 10.1. The van der Waals surface area contributed by atoms with Gasteiger partial charge in [0, 0.05) is 35.9 Å². The Morgan fingerprint density at radius 1 is 1.05 bits per heavy atom. The van der Waals surface area contributed by atoms with Gasteiger partial charge >= 0.3 is 0 Å². The fraction of sp³-hybridized carbons (Fsp3) is 0.500. The van der Waals surface area contributed by atoms with Crippen LogP contribution in [0.25, 0.3) is 22.2 Å². The zero-order chi connectivity index (χ0) is 39.2. The standard InChI is InChI=1S/C44H52N4O7S/c1-29(2)48-36-18-12-17-35(32-19-22-54-28-32)39(36)45-42(48)55-34-24-37-38(49)26-44(41(51)46-56(52,53)43(3)20-21-43)25-33(44)16-11-6-4-5-10-15-31(40(50)47(37)27-34)23-30-13-8-7-9-14-30/h7-9,11-14,16-19,22,28-29,31,33-34,37H,4-6,10,15,20-21,23-27H2,1-3H3,(H,46,51)/b16-11-/t31-,33-,34-,37+,44-/m1/s1. The average molecular weight is 781 g/mol. The number of benzene rings is 2. The van der Waals surface area contributed by atoms with Crippen molar-refractivity contribution < 1.29 is 32.0 Å². The lowest BCUT2D eigenvalue weighted by molar-refractivity contribution is -0.142. The van der Waals surface area contributed by atoms with Crippen molar-refractivity contribution in [3.63, 3.8) is 0 Å². The van der Waals surface area contributed by atoms with Gasteiger partial charge in [-0.1, -0.05) is 67.5 Å². The molecule has 0 bridgehead atoms. The number of nitrogens with one attached hydrogen (secondary N) is 1. The number of ether oxygens (including phenoxy) is 1. The Hall–Kier alpha value is -4.71. The van der Waals surface area contributed by atoms with E-state index in [1.165, 1.54) is 0 Å².